The summed E-state index contributed by atoms with van der Waals surface area (Å²) in [5.41, 5.74) is 4.56. The van der Waals surface area contributed by atoms with Gasteiger partial charge in [-0.15, -0.1) is 0 Å². The third-order valence-corrected chi connectivity index (χ3v) is 5.51. The number of aryl methyl sites for hydroxylation is 2. The van der Waals surface area contributed by atoms with Gasteiger partial charge in [0.2, 0.25) is 5.91 Å². The number of carbonyl (C=O) groups excluding carboxylic acids is 1. The van der Waals surface area contributed by atoms with Gasteiger partial charge in [-0.05, 0) is 75.1 Å². The van der Waals surface area contributed by atoms with Gasteiger partial charge in [-0.3, -0.25) is 14.7 Å². The Balaban J connectivity index is 1.74. The molecule has 1 aliphatic rings. The molecule has 2 heterocycles. The van der Waals surface area contributed by atoms with Crippen LogP contribution in [-0.4, -0.2) is 48.5 Å². The van der Waals surface area contributed by atoms with Crippen LogP contribution < -0.4 is 10.6 Å². The second-order valence-corrected chi connectivity index (χ2v) is 7.53. The monoisotopic (exact) mass is 366 g/mol. The number of benzene rings is 1. The topological polar surface area (TPSA) is 57.3 Å². The Morgan fingerprint density at radius 1 is 1.22 bits per heavy atom. The maximum atomic E-state index is 12.8. The van der Waals surface area contributed by atoms with Gasteiger partial charge in [-0.2, -0.15) is 0 Å². The van der Waals surface area contributed by atoms with Gasteiger partial charge in [0.15, 0.2) is 0 Å². The molecule has 1 amide bonds. The molecule has 3 rings (SSSR count). The molecular formula is C22H30N4O. The minimum atomic E-state index is -0.188. The Kier molecular flexibility index (Phi) is 6.58. The van der Waals surface area contributed by atoms with Gasteiger partial charge in [0.1, 0.15) is 0 Å². The highest BCUT2D eigenvalue weighted by molar-refractivity contribution is 5.79. The maximum absolute atomic E-state index is 12.8. The van der Waals surface area contributed by atoms with Crippen molar-refractivity contribution in [1.82, 2.24) is 20.5 Å². The molecule has 5 heteroatoms. The molecule has 144 valence electrons. The van der Waals surface area contributed by atoms with Gasteiger partial charge < -0.3 is 10.6 Å². The van der Waals surface area contributed by atoms with E-state index in [0.717, 1.165) is 37.1 Å². The minimum absolute atomic E-state index is 0.0445. The van der Waals surface area contributed by atoms with Crippen LogP contribution in [0.5, 0.6) is 0 Å². The molecular weight excluding hydrogens is 336 g/mol. The summed E-state index contributed by atoms with van der Waals surface area (Å²) < 4.78 is 0. The maximum Gasteiger partial charge on any atom is 0.234 e. The van der Waals surface area contributed by atoms with Gasteiger partial charge in [0.05, 0.1) is 12.6 Å². The lowest BCUT2D eigenvalue weighted by molar-refractivity contribution is -0.123. The van der Waals surface area contributed by atoms with Crippen molar-refractivity contribution in [2.24, 2.45) is 0 Å². The average Bonchev–Trinajstić information content (AvgIpc) is 2.69. The predicted molar refractivity (Wildman–Crippen MR) is 109 cm³/mol. The van der Waals surface area contributed by atoms with Crippen molar-refractivity contribution in [1.29, 1.82) is 0 Å². The first-order valence-corrected chi connectivity index (χ1v) is 9.72. The van der Waals surface area contributed by atoms with E-state index in [2.05, 4.69) is 52.6 Å². The van der Waals surface area contributed by atoms with Crippen LogP contribution in [0.2, 0.25) is 0 Å². The van der Waals surface area contributed by atoms with Crippen LogP contribution in [0, 0.1) is 13.8 Å². The first-order valence-electron chi connectivity index (χ1n) is 9.72. The molecule has 0 spiro atoms. The van der Waals surface area contributed by atoms with Crippen LogP contribution in [0.4, 0.5) is 0 Å². The Morgan fingerprint density at radius 3 is 2.67 bits per heavy atom. The van der Waals surface area contributed by atoms with Crippen LogP contribution in [0.25, 0.3) is 0 Å². The number of likely N-dealkylation sites (N-methyl/N-ethyl adjacent to an activating group) is 1. The smallest absolute Gasteiger partial charge is 0.234 e. The van der Waals surface area contributed by atoms with E-state index >= 15 is 0 Å². The number of nitrogens with one attached hydrogen (secondary N) is 2. The summed E-state index contributed by atoms with van der Waals surface area (Å²) in [6, 6.07) is 10.6. The van der Waals surface area contributed by atoms with Crippen molar-refractivity contribution < 1.29 is 4.79 Å². The summed E-state index contributed by atoms with van der Waals surface area (Å²) in [6.45, 7) is 6.66. The molecule has 5 nitrogen and oxygen atoms in total. The van der Waals surface area contributed by atoms with Crippen LogP contribution in [0.1, 0.15) is 41.1 Å². The molecule has 1 aliphatic heterocycles. The first kappa shape index (κ1) is 19.5. The minimum Gasteiger partial charge on any atom is -0.344 e. The molecule has 2 aromatic rings. The van der Waals surface area contributed by atoms with Gasteiger partial charge in [0, 0.05) is 18.4 Å². The van der Waals surface area contributed by atoms with Crippen LogP contribution in [-0.2, 0) is 4.79 Å². The fourth-order valence-corrected chi connectivity index (χ4v) is 3.66. The van der Waals surface area contributed by atoms with E-state index in [1.54, 1.807) is 6.20 Å². The number of nitrogens with zero attached hydrogens (tertiary/aromatic N) is 2. The first-order chi connectivity index (χ1) is 13.0. The van der Waals surface area contributed by atoms with Crippen LogP contribution in [0.15, 0.2) is 42.7 Å². The van der Waals surface area contributed by atoms with E-state index in [-0.39, 0.29) is 11.9 Å². The highest BCUT2D eigenvalue weighted by Gasteiger charge is 2.22. The van der Waals surface area contributed by atoms with Crippen molar-refractivity contribution >= 4 is 5.91 Å². The number of hydrogen-bond acceptors (Lipinski definition) is 4. The molecule has 0 bridgehead atoms. The zero-order valence-corrected chi connectivity index (χ0v) is 16.5. The van der Waals surface area contributed by atoms with Crippen LogP contribution >= 0.6 is 0 Å². The van der Waals surface area contributed by atoms with E-state index in [1.165, 1.54) is 11.1 Å². The number of hydrogen-bond donors (Lipinski definition) is 2. The molecule has 1 unspecified atom stereocenters. The van der Waals surface area contributed by atoms with Crippen molar-refractivity contribution in [3.05, 3.63) is 65.0 Å². The zero-order valence-electron chi connectivity index (χ0n) is 16.5. The summed E-state index contributed by atoms with van der Waals surface area (Å²) in [5.74, 6) is 0.0445. The Hall–Kier alpha value is -2.24. The van der Waals surface area contributed by atoms with Gasteiger partial charge >= 0.3 is 0 Å². The van der Waals surface area contributed by atoms with E-state index in [9.17, 15) is 4.79 Å². The lowest BCUT2D eigenvalue weighted by atomic mass is 9.96. The molecule has 1 aromatic carbocycles. The Bertz CT molecular complexity index is 756. The lowest BCUT2D eigenvalue weighted by Crippen LogP contribution is -2.46. The highest BCUT2D eigenvalue weighted by atomic mass is 16.2. The molecule has 1 atom stereocenters. The van der Waals surface area contributed by atoms with Crippen molar-refractivity contribution in [2.45, 2.75) is 38.8 Å². The van der Waals surface area contributed by atoms with Crippen molar-refractivity contribution in [2.75, 3.05) is 26.7 Å². The van der Waals surface area contributed by atoms with E-state index in [4.69, 9.17) is 0 Å². The molecule has 0 radical (unpaired) electrons. The third kappa shape index (κ3) is 5.15. The average molecular weight is 367 g/mol. The SMILES string of the molecule is Cc1ccc(C(NC(=O)CN(C)C2CCNCC2)c2cccnc2)cc1C. The highest BCUT2D eigenvalue weighted by Crippen LogP contribution is 2.23. The number of rotatable bonds is 6. The Labute approximate surface area is 162 Å². The normalized spacial score (nSPS) is 16.3. The lowest BCUT2D eigenvalue weighted by Gasteiger charge is -2.31. The number of piperidine rings is 1. The fourth-order valence-electron chi connectivity index (χ4n) is 3.66. The molecule has 0 aliphatic carbocycles. The van der Waals surface area contributed by atoms with E-state index in [0.29, 0.717) is 12.6 Å². The second kappa shape index (κ2) is 9.11. The molecule has 2 N–H and O–H groups in total. The zero-order chi connectivity index (χ0) is 19.2. The second-order valence-electron chi connectivity index (χ2n) is 7.53. The van der Waals surface area contributed by atoms with Gasteiger partial charge in [0.25, 0.3) is 0 Å². The number of aromatic nitrogens is 1. The standard InChI is InChI=1S/C22H30N4O/c1-16-6-7-18(13-17(16)2)22(19-5-4-10-24-14-19)25-21(27)15-26(3)20-8-11-23-12-9-20/h4-7,10,13-14,20,22-23H,8-9,11-12,15H2,1-3H3,(H,25,27). The molecule has 1 saturated heterocycles. The van der Waals surface area contributed by atoms with Crippen molar-refractivity contribution in [3.8, 4) is 0 Å². The number of carbonyl (C=O) groups is 1. The largest absolute Gasteiger partial charge is 0.344 e. The summed E-state index contributed by atoms with van der Waals surface area (Å²) in [5, 5.41) is 6.60. The van der Waals surface area contributed by atoms with Crippen molar-refractivity contribution in [3.63, 3.8) is 0 Å². The Morgan fingerprint density at radius 2 is 2.00 bits per heavy atom. The summed E-state index contributed by atoms with van der Waals surface area (Å²) in [7, 11) is 2.05. The molecule has 0 saturated carbocycles. The predicted octanol–water partition coefficient (Wildman–Crippen LogP) is 2.59. The van der Waals surface area contributed by atoms with E-state index in [1.807, 2.05) is 25.4 Å². The third-order valence-electron chi connectivity index (χ3n) is 5.51. The molecule has 1 aromatic heterocycles. The summed E-state index contributed by atoms with van der Waals surface area (Å²) >= 11 is 0. The summed E-state index contributed by atoms with van der Waals surface area (Å²) in [6.07, 6.45) is 5.77. The molecule has 27 heavy (non-hydrogen) atoms. The van der Waals surface area contributed by atoms with Crippen LogP contribution in [0.3, 0.4) is 0 Å². The summed E-state index contributed by atoms with van der Waals surface area (Å²) in [4.78, 5) is 19.2. The van der Waals surface area contributed by atoms with Gasteiger partial charge in [-0.1, -0.05) is 24.3 Å². The molecule has 1 fully saturated rings. The number of pyridine rings is 1. The van der Waals surface area contributed by atoms with E-state index < -0.39 is 0 Å². The van der Waals surface area contributed by atoms with Gasteiger partial charge in [-0.25, -0.2) is 0 Å². The number of amides is 1. The fraction of sp³-hybridized carbons (Fsp3) is 0.455. The quantitative estimate of drug-likeness (QED) is 0.825.